The zero-order valence-electron chi connectivity index (χ0n) is 14.6. The highest BCUT2D eigenvalue weighted by molar-refractivity contribution is 5.46. The molecule has 1 aromatic heterocycles. The molecule has 0 atom stereocenters. The number of nitrogens with zero attached hydrogens (tertiary/aromatic N) is 3. The van der Waals surface area contributed by atoms with Crippen LogP contribution in [0.1, 0.15) is 24.1 Å². The van der Waals surface area contributed by atoms with E-state index in [1.807, 2.05) is 26.1 Å². The number of ether oxygens (including phenoxy) is 1. The van der Waals surface area contributed by atoms with Crippen molar-refractivity contribution in [1.82, 2.24) is 15.1 Å². The third-order valence-electron chi connectivity index (χ3n) is 4.74. The second-order valence-electron chi connectivity index (χ2n) is 6.32. The van der Waals surface area contributed by atoms with Crippen molar-refractivity contribution >= 4 is 5.69 Å². The van der Waals surface area contributed by atoms with E-state index in [0.717, 1.165) is 55.3 Å². The molecule has 2 heterocycles. The standard InChI is InChI=1S/C18H25FN4O/c1-13-17(18(24-3)22(2)21-13)12-20-15-8-10-23(11-9-15)16-6-4-14(19)5-7-16/h4-7,15,20H,8-12H2,1-3H3. The summed E-state index contributed by atoms with van der Waals surface area (Å²) in [5.74, 6) is 0.639. The van der Waals surface area contributed by atoms with Crippen LogP contribution in [0.2, 0.25) is 0 Å². The van der Waals surface area contributed by atoms with Gasteiger partial charge in [0.15, 0.2) is 0 Å². The molecule has 0 aliphatic carbocycles. The minimum atomic E-state index is -0.184. The van der Waals surface area contributed by atoms with Crippen molar-refractivity contribution in [3.63, 3.8) is 0 Å². The third kappa shape index (κ3) is 3.53. The first kappa shape index (κ1) is 16.8. The van der Waals surface area contributed by atoms with Crippen LogP contribution in [-0.4, -0.2) is 36.0 Å². The molecule has 130 valence electrons. The number of rotatable bonds is 5. The molecule has 0 bridgehead atoms. The molecule has 6 heteroatoms. The highest BCUT2D eigenvalue weighted by atomic mass is 19.1. The summed E-state index contributed by atoms with van der Waals surface area (Å²) in [6.07, 6.45) is 2.14. The zero-order chi connectivity index (χ0) is 17.1. The highest BCUT2D eigenvalue weighted by Gasteiger charge is 2.21. The minimum Gasteiger partial charge on any atom is -0.481 e. The Morgan fingerprint density at radius 3 is 2.54 bits per heavy atom. The number of aryl methyl sites for hydroxylation is 2. The second kappa shape index (κ2) is 7.21. The maximum Gasteiger partial charge on any atom is 0.216 e. The average molecular weight is 332 g/mol. The van der Waals surface area contributed by atoms with Crippen LogP contribution in [0.5, 0.6) is 5.88 Å². The summed E-state index contributed by atoms with van der Waals surface area (Å²) >= 11 is 0. The van der Waals surface area contributed by atoms with Gasteiger partial charge in [0.25, 0.3) is 0 Å². The molecule has 0 amide bonds. The molecule has 1 saturated heterocycles. The monoisotopic (exact) mass is 332 g/mol. The Labute approximate surface area is 142 Å². The van der Waals surface area contributed by atoms with E-state index in [2.05, 4.69) is 15.3 Å². The van der Waals surface area contributed by atoms with Gasteiger partial charge < -0.3 is 15.0 Å². The van der Waals surface area contributed by atoms with Crippen LogP contribution >= 0.6 is 0 Å². The van der Waals surface area contributed by atoms with E-state index in [4.69, 9.17) is 4.74 Å². The first-order valence-corrected chi connectivity index (χ1v) is 8.39. The first-order valence-electron chi connectivity index (χ1n) is 8.39. The van der Waals surface area contributed by atoms with E-state index in [-0.39, 0.29) is 5.82 Å². The SMILES string of the molecule is COc1c(CNC2CCN(c3ccc(F)cc3)CC2)c(C)nn1C. The van der Waals surface area contributed by atoms with Gasteiger partial charge in [0.05, 0.1) is 18.4 Å². The number of piperidine rings is 1. The molecule has 0 unspecified atom stereocenters. The third-order valence-corrected chi connectivity index (χ3v) is 4.74. The molecular weight excluding hydrogens is 307 g/mol. The normalized spacial score (nSPS) is 15.8. The quantitative estimate of drug-likeness (QED) is 0.914. The molecule has 1 fully saturated rings. The van der Waals surface area contributed by atoms with Crippen molar-refractivity contribution in [2.75, 3.05) is 25.1 Å². The molecular formula is C18H25FN4O. The molecule has 0 radical (unpaired) electrons. The zero-order valence-corrected chi connectivity index (χ0v) is 14.6. The van der Waals surface area contributed by atoms with Crippen LogP contribution in [0.4, 0.5) is 10.1 Å². The summed E-state index contributed by atoms with van der Waals surface area (Å²) in [6.45, 7) is 4.74. The molecule has 1 aliphatic rings. The van der Waals surface area contributed by atoms with Crippen LogP contribution < -0.4 is 15.0 Å². The summed E-state index contributed by atoms with van der Waals surface area (Å²) in [5.41, 5.74) is 3.23. The van der Waals surface area contributed by atoms with Crippen molar-refractivity contribution in [3.8, 4) is 5.88 Å². The average Bonchev–Trinajstić information content (AvgIpc) is 2.87. The van der Waals surface area contributed by atoms with Gasteiger partial charge in [-0.2, -0.15) is 5.10 Å². The van der Waals surface area contributed by atoms with Crippen LogP contribution in [-0.2, 0) is 13.6 Å². The summed E-state index contributed by atoms with van der Waals surface area (Å²) in [6, 6.07) is 7.24. The number of halogens is 1. The molecule has 1 N–H and O–H groups in total. The Bertz CT molecular complexity index is 675. The van der Waals surface area contributed by atoms with Crippen LogP contribution in [0.15, 0.2) is 24.3 Å². The van der Waals surface area contributed by atoms with Gasteiger partial charge in [-0.25, -0.2) is 9.07 Å². The Morgan fingerprint density at radius 2 is 1.92 bits per heavy atom. The lowest BCUT2D eigenvalue weighted by Gasteiger charge is -2.34. The smallest absolute Gasteiger partial charge is 0.216 e. The van der Waals surface area contributed by atoms with Crippen LogP contribution in [0.3, 0.4) is 0 Å². The predicted molar refractivity (Wildman–Crippen MR) is 93.0 cm³/mol. The minimum absolute atomic E-state index is 0.184. The lowest BCUT2D eigenvalue weighted by Crippen LogP contribution is -2.42. The molecule has 1 aromatic carbocycles. The number of nitrogens with one attached hydrogen (secondary N) is 1. The fraction of sp³-hybridized carbons (Fsp3) is 0.500. The van der Waals surface area contributed by atoms with E-state index >= 15 is 0 Å². The highest BCUT2D eigenvalue weighted by Crippen LogP contribution is 2.23. The molecule has 1 aliphatic heterocycles. The van der Waals surface area contributed by atoms with E-state index in [1.165, 1.54) is 12.1 Å². The molecule has 0 saturated carbocycles. The topological polar surface area (TPSA) is 42.3 Å². The van der Waals surface area contributed by atoms with Gasteiger partial charge in [0, 0.05) is 38.4 Å². The van der Waals surface area contributed by atoms with Crippen molar-refractivity contribution < 1.29 is 9.13 Å². The summed E-state index contributed by atoms with van der Waals surface area (Å²) < 4.78 is 20.3. The van der Waals surface area contributed by atoms with Gasteiger partial charge in [0.2, 0.25) is 5.88 Å². The summed E-state index contributed by atoms with van der Waals surface area (Å²) in [7, 11) is 3.58. The lowest BCUT2D eigenvalue weighted by molar-refractivity contribution is 0.362. The van der Waals surface area contributed by atoms with Crippen molar-refractivity contribution in [2.24, 2.45) is 7.05 Å². The number of aromatic nitrogens is 2. The molecule has 5 nitrogen and oxygen atoms in total. The van der Waals surface area contributed by atoms with E-state index in [1.54, 1.807) is 11.8 Å². The van der Waals surface area contributed by atoms with Gasteiger partial charge >= 0.3 is 0 Å². The fourth-order valence-corrected chi connectivity index (χ4v) is 3.38. The number of hydrogen-bond donors (Lipinski definition) is 1. The van der Waals surface area contributed by atoms with E-state index in [0.29, 0.717) is 6.04 Å². The Hall–Kier alpha value is -2.08. The van der Waals surface area contributed by atoms with Crippen molar-refractivity contribution in [3.05, 3.63) is 41.3 Å². The fourth-order valence-electron chi connectivity index (χ4n) is 3.38. The van der Waals surface area contributed by atoms with Gasteiger partial charge in [-0.3, -0.25) is 0 Å². The summed E-state index contributed by atoms with van der Waals surface area (Å²) in [4.78, 5) is 2.31. The van der Waals surface area contributed by atoms with Crippen molar-refractivity contribution in [2.45, 2.75) is 32.4 Å². The first-order chi connectivity index (χ1) is 11.6. The number of methoxy groups -OCH3 is 1. The van der Waals surface area contributed by atoms with E-state index in [9.17, 15) is 4.39 Å². The molecule has 24 heavy (non-hydrogen) atoms. The molecule has 3 rings (SSSR count). The van der Waals surface area contributed by atoms with Crippen LogP contribution in [0, 0.1) is 12.7 Å². The largest absolute Gasteiger partial charge is 0.481 e. The van der Waals surface area contributed by atoms with Gasteiger partial charge in [-0.05, 0) is 44.0 Å². The maximum absolute atomic E-state index is 13.0. The predicted octanol–water partition coefficient (Wildman–Crippen LogP) is 2.63. The van der Waals surface area contributed by atoms with Gasteiger partial charge in [-0.15, -0.1) is 0 Å². The number of anilines is 1. The number of hydrogen-bond acceptors (Lipinski definition) is 4. The van der Waals surface area contributed by atoms with Gasteiger partial charge in [-0.1, -0.05) is 0 Å². The van der Waals surface area contributed by atoms with Gasteiger partial charge in [0.1, 0.15) is 5.82 Å². The van der Waals surface area contributed by atoms with E-state index < -0.39 is 0 Å². The Balaban J connectivity index is 1.53. The summed E-state index contributed by atoms with van der Waals surface area (Å²) in [5, 5.41) is 8.05. The maximum atomic E-state index is 13.0. The lowest BCUT2D eigenvalue weighted by atomic mass is 10.0. The Morgan fingerprint density at radius 1 is 1.25 bits per heavy atom. The molecule has 0 spiro atoms. The second-order valence-corrected chi connectivity index (χ2v) is 6.32. The van der Waals surface area contributed by atoms with Crippen LogP contribution in [0.25, 0.3) is 0 Å². The Kier molecular flexibility index (Phi) is 5.04. The molecule has 2 aromatic rings. The number of benzene rings is 1. The van der Waals surface area contributed by atoms with Crippen molar-refractivity contribution in [1.29, 1.82) is 0 Å².